The number of para-hydroxylation sites is 1. The van der Waals surface area contributed by atoms with Gasteiger partial charge >= 0.3 is 12.2 Å². The number of rotatable bonds is 6. The molecule has 1 rings (SSSR count). The molecule has 0 saturated heterocycles. The predicted molar refractivity (Wildman–Crippen MR) is 74.1 cm³/mol. The van der Waals surface area contributed by atoms with Crippen LogP contribution in [0.4, 0.5) is 23.7 Å². The van der Waals surface area contributed by atoms with Gasteiger partial charge in [0.15, 0.2) is 0 Å². The molecule has 0 saturated carbocycles. The van der Waals surface area contributed by atoms with Crippen molar-refractivity contribution in [3.8, 4) is 0 Å². The van der Waals surface area contributed by atoms with Gasteiger partial charge in [0.2, 0.25) is 0 Å². The van der Waals surface area contributed by atoms with E-state index in [4.69, 9.17) is 5.11 Å². The number of aliphatic hydroxyl groups is 1. The fourth-order valence-corrected chi connectivity index (χ4v) is 1.76. The van der Waals surface area contributed by atoms with E-state index in [1.165, 1.54) is 0 Å². The largest absolute Gasteiger partial charge is 0.394 e. The molecule has 1 unspecified atom stereocenters. The van der Waals surface area contributed by atoms with Crippen LogP contribution in [-0.4, -0.2) is 30.0 Å². The van der Waals surface area contributed by atoms with Crippen LogP contribution in [0.2, 0.25) is 0 Å². The molecule has 118 valence electrons. The van der Waals surface area contributed by atoms with Crippen LogP contribution >= 0.6 is 0 Å². The quantitative estimate of drug-likeness (QED) is 0.756. The summed E-state index contributed by atoms with van der Waals surface area (Å²) in [6.45, 7) is 1.61. The van der Waals surface area contributed by atoms with Gasteiger partial charge in [0.1, 0.15) is 0 Å². The fourth-order valence-electron chi connectivity index (χ4n) is 1.76. The molecule has 4 nitrogen and oxygen atoms in total. The molecule has 1 aromatic rings. The maximum absolute atomic E-state index is 12.3. The van der Waals surface area contributed by atoms with Crippen molar-refractivity contribution in [2.24, 2.45) is 0 Å². The van der Waals surface area contributed by atoms with Crippen LogP contribution in [0, 0.1) is 0 Å². The molecule has 1 atom stereocenters. The van der Waals surface area contributed by atoms with Gasteiger partial charge in [0.25, 0.3) is 0 Å². The number of carbonyl (C=O) groups is 1. The summed E-state index contributed by atoms with van der Waals surface area (Å²) in [6, 6.07) is 5.42. The van der Waals surface area contributed by atoms with Crippen LogP contribution in [0.25, 0.3) is 0 Å². The number of halogens is 3. The van der Waals surface area contributed by atoms with Crippen LogP contribution in [0.1, 0.15) is 25.3 Å². The SMILES string of the molecule is CCC(CO)NC(=O)Nc1ccccc1CCC(F)(F)F. The van der Waals surface area contributed by atoms with Crippen molar-refractivity contribution < 1.29 is 23.1 Å². The molecular formula is C14H19F3N2O2. The van der Waals surface area contributed by atoms with Gasteiger partial charge in [0.05, 0.1) is 12.6 Å². The van der Waals surface area contributed by atoms with Crippen molar-refractivity contribution in [2.75, 3.05) is 11.9 Å². The summed E-state index contributed by atoms with van der Waals surface area (Å²) in [6.07, 6.45) is -4.82. The smallest absolute Gasteiger partial charge is 0.389 e. The summed E-state index contributed by atoms with van der Waals surface area (Å²) in [4.78, 5) is 11.7. The number of hydrogen-bond acceptors (Lipinski definition) is 2. The van der Waals surface area contributed by atoms with Gasteiger partial charge in [-0.3, -0.25) is 0 Å². The summed E-state index contributed by atoms with van der Waals surface area (Å²) in [5, 5.41) is 14.1. The van der Waals surface area contributed by atoms with Crippen LogP contribution in [-0.2, 0) is 6.42 Å². The summed E-state index contributed by atoms with van der Waals surface area (Å²) < 4.78 is 36.8. The van der Waals surface area contributed by atoms with Gasteiger partial charge in [-0.15, -0.1) is 0 Å². The monoisotopic (exact) mass is 304 g/mol. The van der Waals surface area contributed by atoms with Crippen molar-refractivity contribution in [3.63, 3.8) is 0 Å². The molecule has 0 spiro atoms. The third-order valence-corrected chi connectivity index (χ3v) is 2.99. The number of amides is 2. The minimum atomic E-state index is -4.24. The van der Waals surface area contributed by atoms with Crippen molar-refractivity contribution >= 4 is 11.7 Å². The Balaban J connectivity index is 2.68. The molecule has 2 amide bonds. The summed E-state index contributed by atoms with van der Waals surface area (Å²) in [5.41, 5.74) is 0.758. The Kier molecular flexibility index (Phi) is 6.48. The minimum Gasteiger partial charge on any atom is -0.394 e. The van der Waals surface area contributed by atoms with E-state index in [1.807, 2.05) is 0 Å². The van der Waals surface area contributed by atoms with Gasteiger partial charge in [0, 0.05) is 12.1 Å². The third kappa shape index (κ3) is 6.48. The Bertz CT molecular complexity index is 460. The van der Waals surface area contributed by atoms with Gasteiger partial charge in [-0.05, 0) is 24.5 Å². The summed E-state index contributed by atoms with van der Waals surface area (Å²) in [7, 11) is 0. The van der Waals surface area contributed by atoms with E-state index < -0.39 is 18.6 Å². The first-order valence-corrected chi connectivity index (χ1v) is 6.68. The van der Waals surface area contributed by atoms with Crippen LogP contribution in [0.3, 0.4) is 0 Å². The first-order valence-electron chi connectivity index (χ1n) is 6.68. The van der Waals surface area contributed by atoms with E-state index in [9.17, 15) is 18.0 Å². The molecule has 0 aromatic heterocycles. The van der Waals surface area contributed by atoms with Gasteiger partial charge < -0.3 is 15.7 Å². The molecule has 21 heavy (non-hydrogen) atoms. The predicted octanol–water partition coefficient (Wildman–Crippen LogP) is 3.07. The highest BCUT2D eigenvalue weighted by atomic mass is 19.4. The van der Waals surface area contributed by atoms with E-state index in [1.54, 1.807) is 31.2 Å². The van der Waals surface area contributed by atoms with E-state index >= 15 is 0 Å². The number of urea groups is 1. The van der Waals surface area contributed by atoms with E-state index in [0.29, 0.717) is 17.7 Å². The lowest BCUT2D eigenvalue weighted by atomic mass is 10.1. The highest BCUT2D eigenvalue weighted by Crippen LogP contribution is 2.25. The summed E-state index contributed by atoms with van der Waals surface area (Å²) in [5.74, 6) is 0. The molecular weight excluding hydrogens is 285 g/mol. The van der Waals surface area contributed by atoms with E-state index in [2.05, 4.69) is 10.6 Å². The van der Waals surface area contributed by atoms with Crippen molar-refractivity contribution in [2.45, 2.75) is 38.4 Å². The number of aliphatic hydroxyl groups excluding tert-OH is 1. The van der Waals surface area contributed by atoms with Gasteiger partial charge in [-0.1, -0.05) is 25.1 Å². The van der Waals surface area contributed by atoms with Crippen LogP contribution in [0.5, 0.6) is 0 Å². The number of anilines is 1. The molecule has 7 heteroatoms. The lowest BCUT2D eigenvalue weighted by Crippen LogP contribution is -2.39. The molecule has 0 aliphatic carbocycles. The number of alkyl halides is 3. The van der Waals surface area contributed by atoms with E-state index in [0.717, 1.165) is 0 Å². The Labute approximate surface area is 121 Å². The number of aryl methyl sites for hydroxylation is 1. The lowest BCUT2D eigenvalue weighted by molar-refractivity contribution is -0.133. The van der Waals surface area contributed by atoms with Crippen LogP contribution in [0.15, 0.2) is 24.3 Å². The zero-order chi connectivity index (χ0) is 15.9. The second-order valence-electron chi connectivity index (χ2n) is 4.66. The average Bonchev–Trinajstić information content (AvgIpc) is 2.43. The number of carbonyl (C=O) groups excluding carboxylic acids is 1. The highest BCUT2D eigenvalue weighted by molar-refractivity contribution is 5.90. The number of hydrogen-bond donors (Lipinski definition) is 3. The molecule has 0 aliphatic heterocycles. The molecule has 0 fully saturated rings. The summed E-state index contributed by atoms with van der Waals surface area (Å²) >= 11 is 0. The second-order valence-corrected chi connectivity index (χ2v) is 4.66. The zero-order valence-electron chi connectivity index (χ0n) is 11.7. The maximum atomic E-state index is 12.3. The molecule has 0 aliphatic rings. The minimum absolute atomic E-state index is 0.195. The second kappa shape index (κ2) is 7.87. The van der Waals surface area contributed by atoms with Gasteiger partial charge in [-0.25, -0.2) is 4.79 Å². The third-order valence-electron chi connectivity index (χ3n) is 2.99. The van der Waals surface area contributed by atoms with Crippen molar-refractivity contribution in [1.29, 1.82) is 0 Å². The Morgan fingerprint density at radius 2 is 2.00 bits per heavy atom. The average molecular weight is 304 g/mol. The van der Waals surface area contributed by atoms with Crippen molar-refractivity contribution in [3.05, 3.63) is 29.8 Å². The number of benzene rings is 1. The molecule has 0 heterocycles. The lowest BCUT2D eigenvalue weighted by Gasteiger charge is -2.16. The van der Waals surface area contributed by atoms with Crippen molar-refractivity contribution in [1.82, 2.24) is 5.32 Å². The van der Waals surface area contributed by atoms with E-state index in [-0.39, 0.29) is 19.1 Å². The highest BCUT2D eigenvalue weighted by Gasteiger charge is 2.27. The number of nitrogens with one attached hydrogen (secondary N) is 2. The molecule has 0 bridgehead atoms. The van der Waals surface area contributed by atoms with Crippen LogP contribution < -0.4 is 10.6 Å². The molecule has 0 radical (unpaired) electrons. The first-order chi connectivity index (χ1) is 9.85. The Morgan fingerprint density at radius 3 is 2.57 bits per heavy atom. The standard InChI is InChI=1S/C14H19F3N2O2/c1-2-11(9-20)18-13(21)19-12-6-4-3-5-10(12)7-8-14(15,16)17/h3-6,11,20H,2,7-9H2,1H3,(H2,18,19,21). The Hall–Kier alpha value is -1.76. The fraction of sp³-hybridized carbons (Fsp3) is 0.500. The topological polar surface area (TPSA) is 61.4 Å². The normalized spacial score (nSPS) is 12.8. The van der Waals surface area contributed by atoms with Gasteiger partial charge in [-0.2, -0.15) is 13.2 Å². The zero-order valence-corrected chi connectivity index (χ0v) is 11.7. The Morgan fingerprint density at radius 1 is 1.33 bits per heavy atom. The maximum Gasteiger partial charge on any atom is 0.389 e. The molecule has 3 N–H and O–H groups in total. The molecule has 1 aromatic carbocycles. The first kappa shape index (κ1) is 17.3.